The third-order valence-corrected chi connectivity index (χ3v) is 3.71. The molecule has 0 bridgehead atoms. The van der Waals surface area contributed by atoms with E-state index in [-0.39, 0.29) is 0 Å². The third kappa shape index (κ3) is 4.34. The van der Waals surface area contributed by atoms with Gasteiger partial charge in [0.25, 0.3) is 0 Å². The molecule has 1 unspecified atom stereocenters. The first kappa shape index (κ1) is 15.0. The number of carbonyl (C=O) groups is 1. The van der Waals surface area contributed by atoms with Crippen LogP contribution in [0, 0.1) is 5.41 Å². The van der Waals surface area contributed by atoms with E-state index in [1.165, 1.54) is 5.56 Å². The lowest BCUT2D eigenvalue weighted by atomic mass is 9.85. The van der Waals surface area contributed by atoms with E-state index in [9.17, 15) is 4.79 Å². The first-order valence-corrected chi connectivity index (χ1v) is 6.69. The monoisotopic (exact) mass is 268 g/mol. The maximum absolute atomic E-state index is 11.0. The van der Waals surface area contributed by atoms with Crippen molar-refractivity contribution in [2.75, 3.05) is 0 Å². The Bertz CT molecular complexity index is 395. The molecular formula is C15H21ClO2. The number of halogens is 1. The lowest BCUT2D eigenvalue weighted by Gasteiger charge is -2.20. The van der Waals surface area contributed by atoms with Gasteiger partial charge in [-0.3, -0.25) is 4.79 Å². The summed E-state index contributed by atoms with van der Waals surface area (Å²) >= 11 is 5.85. The molecule has 0 saturated heterocycles. The number of rotatable bonds is 6. The second-order valence-corrected chi connectivity index (χ2v) is 5.97. The van der Waals surface area contributed by atoms with Crippen molar-refractivity contribution in [2.45, 2.75) is 46.0 Å². The first-order valence-electron chi connectivity index (χ1n) is 6.32. The van der Waals surface area contributed by atoms with E-state index >= 15 is 0 Å². The molecule has 0 fully saturated rings. The van der Waals surface area contributed by atoms with Crippen LogP contribution in [0.25, 0.3) is 0 Å². The van der Waals surface area contributed by atoms with E-state index in [4.69, 9.17) is 16.7 Å². The van der Waals surface area contributed by atoms with Gasteiger partial charge in [0.05, 0.1) is 5.41 Å². The van der Waals surface area contributed by atoms with Gasteiger partial charge < -0.3 is 5.11 Å². The molecule has 100 valence electrons. The molecule has 1 N–H and O–H groups in total. The Morgan fingerprint density at radius 3 is 2.39 bits per heavy atom. The van der Waals surface area contributed by atoms with E-state index in [0.29, 0.717) is 12.3 Å². The number of carboxylic acids is 1. The molecule has 0 spiro atoms. The van der Waals surface area contributed by atoms with Gasteiger partial charge in [0, 0.05) is 5.02 Å². The van der Waals surface area contributed by atoms with Crippen LogP contribution >= 0.6 is 11.6 Å². The summed E-state index contributed by atoms with van der Waals surface area (Å²) < 4.78 is 0. The van der Waals surface area contributed by atoms with Gasteiger partial charge in [-0.1, -0.05) is 37.1 Å². The Balaban J connectivity index is 2.45. The number of hydrogen-bond acceptors (Lipinski definition) is 1. The number of carboxylic acid groups (broad SMARTS) is 1. The predicted molar refractivity (Wildman–Crippen MR) is 75.1 cm³/mol. The average Bonchev–Trinajstić information content (AvgIpc) is 2.29. The zero-order valence-electron chi connectivity index (χ0n) is 11.2. The number of hydrogen-bond donors (Lipinski definition) is 1. The van der Waals surface area contributed by atoms with Crippen molar-refractivity contribution in [2.24, 2.45) is 5.41 Å². The Morgan fingerprint density at radius 2 is 1.89 bits per heavy atom. The minimum atomic E-state index is -0.721. The zero-order chi connectivity index (χ0) is 13.8. The van der Waals surface area contributed by atoms with Crippen LogP contribution < -0.4 is 0 Å². The van der Waals surface area contributed by atoms with Crippen molar-refractivity contribution in [3.05, 3.63) is 34.9 Å². The van der Waals surface area contributed by atoms with E-state index < -0.39 is 11.4 Å². The highest BCUT2D eigenvalue weighted by Crippen LogP contribution is 2.28. The molecule has 0 aliphatic rings. The summed E-state index contributed by atoms with van der Waals surface area (Å²) in [6.45, 7) is 5.72. The van der Waals surface area contributed by atoms with Crippen molar-refractivity contribution >= 4 is 17.6 Å². The molecule has 1 rings (SSSR count). The highest BCUT2D eigenvalue weighted by molar-refractivity contribution is 6.30. The second-order valence-electron chi connectivity index (χ2n) is 5.53. The molecule has 0 heterocycles. The fourth-order valence-corrected chi connectivity index (χ4v) is 2.04. The van der Waals surface area contributed by atoms with Crippen LogP contribution in [0.5, 0.6) is 0 Å². The molecule has 1 aromatic rings. The quantitative estimate of drug-likeness (QED) is 0.810. The predicted octanol–water partition coefficient (Wildman–Crippen LogP) is 4.72. The lowest BCUT2D eigenvalue weighted by Crippen LogP contribution is -2.23. The Hall–Kier alpha value is -1.02. The van der Waals surface area contributed by atoms with E-state index in [0.717, 1.165) is 17.9 Å². The van der Waals surface area contributed by atoms with Crippen LogP contribution in [0.1, 0.15) is 51.5 Å². The molecule has 0 amide bonds. The van der Waals surface area contributed by atoms with E-state index in [1.54, 1.807) is 13.8 Å². The van der Waals surface area contributed by atoms with Crippen molar-refractivity contribution < 1.29 is 9.90 Å². The summed E-state index contributed by atoms with van der Waals surface area (Å²) in [4.78, 5) is 11.0. The fourth-order valence-electron chi connectivity index (χ4n) is 1.92. The van der Waals surface area contributed by atoms with Gasteiger partial charge in [0.2, 0.25) is 0 Å². The molecule has 18 heavy (non-hydrogen) atoms. The number of aliphatic carboxylic acids is 1. The van der Waals surface area contributed by atoms with Crippen molar-refractivity contribution in [1.82, 2.24) is 0 Å². The molecule has 1 aromatic carbocycles. The SMILES string of the molecule is CC(CCCC(C)(C)C(=O)O)c1ccc(Cl)cc1. The zero-order valence-corrected chi connectivity index (χ0v) is 12.0. The Kier molecular flexibility index (Phi) is 5.21. The standard InChI is InChI=1S/C15H21ClO2/c1-11(12-6-8-13(16)9-7-12)5-4-10-15(2,3)14(17)18/h6-9,11H,4-5,10H2,1-3H3,(H,17,18). The van der Waals surface area contributed by atoms with Crippen molar-refractivity contribution in [1.29, 1.82) is 0 Å². The van der Waals surface area contributed by atoms with Gasteiger partial charge in [-0.15, -0.1) is 0 Å². The van der Waals surface area contributed by atoms with E-state index in [1.807, 2.05) is 24.3 Å². The largest absolute Gasteiger partial charge is 0.481 e. The second kappa shape index (κ2) is 6.24. The molecule has 0 aromatic heterocycles. The minimum Gasteiger partial charge on any atom is -0.481 e. The van der Waals surface area contributed by atoms with Crippen LogP contribution in [-0.4, -0.2) is 11.1 Å². The minimum absolute atomic E-state index is 0.437. The van der Waals surface area contributed by atoms with Crippen molar-refractivity contribution in [3.8, 4) is 0 Å². The van der Waals surface area contributed by atoms with Crippen LogP contribution in [0.4, 0.5) is 0 Å². The fraction of sp³-hybridized carbons (Fsp3) is 0.533. The van der Waals surface area contributed by atoms with Gasteiger partial charge in [-0.25, -0.2) is 0 Å². The van der Waals surface area contributed by atoms with Crippen molar-refractivity contribution in [3.63, 3.8) is 0 Å². The van der Waals surface area contributed by atoms with Crippen LogP contribution in [-0.2, 0) is 4.79 Å². The Morgan fingerprint density at radius 1 is 1.33 bits per heavy atom. The molecule has 0 radical (unpaired) electrons. The molecule has 0 saturated carbocycles. The summed E-state index contributed by atoms with van der Waals surface area (Å²) in [6, 6.07) is 7.87. The normalized spacial score (nSPS) is 13.3. The first-order chi connectivity index (χ1) is 8.33. The number of benzene rings is 1. The molecule has 2 nitrogen and oxygen atoms in total. The Labute approximate surface area is 114 Å². The smallest absolute Gasteiger partial charge is 0.309 e. The maximum Gasteiger partial charge on any atom is 0.309 e. The highest BCUT2D eigenvalue weighted by atomic mass is 35.5. The summed E-state index contributed by atoms with van der Waals surface area (Å²) in [5.41, 5.74) is 0.632. The summed E-state index contributed by atoms with van der Waals surface area (Å²) in [5.74, 6) is -0.284. The van der Waals surface area contributed by atoms with Crippen LogP contribution in [0.15, 0.2) is 24.3 Å². The topological polar surface area (TPSA) is 37.3 Å². The average molecular weight is 269 g/mol. The van der Waals surface area contributed by atoms with Gasteiger partial charge in [0.1, 0.15) is 0 Å². The molecule has 0 aliphatic carbocycles. The van der Waals surface area contributed by atoms with Gasteiger partial charge in [-0.05, 0) is 50.3 Å². The lowest BCUT2D eigenvalue weighted by molar-refractivity contribution is -0.147. The molecule has 0 aliphatic heterocycles. The molecular weight excluding hydrogens is 248 g/mol. The van der Waals surface area contributed by atoms with Gasteiger partial charge in [0.15, 0.2) is 0 Å². The van der Waals surface area contributed by atoms with E-state index in [2.05, 4.69) is 6.92 Å². The summed E-state index contributed by atoms with van der Waals surface area (Å²) in [6.07, 6.45) is 2.63. The maximum atomic E-state index is 11.0. The molecule has 3 heteroatoms. The molecule has 1 atom stereocenters. The summed E-state index contributed by atoms with van der Waals surface area (Å²) in [5, 5.41) is 9.79. The van der Waals surface area contributed by atoms with Gasteiger partial charge in [-0.2, -0.15) is 0 Å². The van der Waals surface area contributed by atoms with Crippen LogP contribution in [0.2, 0.25) is 5.02 Å². The van der Waals surface area contributed by atoms with Gasteiger partial charge >= 0.3 is 5.97 Å². The third-order valence-electron chi connectivity index (χ3n) is 3.46. The highest BCUT2D eigenvalue weighted by Gasteiger charge is 2.26. The summed E-state index contributed by atoms with van der Waals surface area (Å²) in [7, 11) is 0. The van der Waals surface area contributed by atoms with Crippen LogP contribution in [0.3, 0.4) is 0 Å².